The van der Waals surface area contributed by atoms with Crippen molar-refractivity contribution in [3.63, 3.8) is 0 Å². The van der Waals surface area contributed by atoms with E-state index in [4.69, 9.17) is 9.05 Å². The maximum atomic E-state index is 12.6. The molecule has 1 unspecified atom stereocenters. The van der Waals surface area contributed by atoms with Crippen molar-refractivity contribution in [2.45, 2.75) is 31.4 Å². The van der Waals surface area contributed by atoms with Crippen LogP contribution in [0, 0.1) is 6.92 Å². The van der Waals surface area contributed by atoms with Crippen LogP contribution in [0.5, 0.6) is 0 Å². The molecule has 1 aromatic rings. The highest BCUT2D eigenvalue weighted by molar-refractivity contribution is 7.83. The van der Waals surface area contributed by atoms with E-state index in [9.17, 15) is 13.9 Å². The molecule has 8 heteroatoms. The smallest absolute Gasteiger partial charge is 0.350 e. The summed E-state index contributed by atoms with van der Waals surface area (Å²) in [6, 6.07) is 7.07. The van der Waals surface area contributed by atoms with Gasteiger partial charge in [0.25, 0.3) is 0 Å². The van der Waals surface area contributed by atoms with Crippen LogP contribution in [-0.2, 0) is 24.6 Å². The van der Waals surface area contributed by atoms with Gasteiger partial charge in [-0.3, -0.25) is 4.57 Å². The minimum Gasteiger partial charge on any atom is -0.394 e. The first-order valence-electron chi connectivity index (χ1n) is 6.71. The molecule has 0 aliphatic heterocycles. The minimum absolute atomic E-state index is 0.173. The van der Waals surface area contributed by atoms with Gasteiger partial charge in [0.2, 0.25) is 0 Å². The summed E-state index contributed by atoms with van der Waals surface area (Å²) < 4.78 is 37.7. The molecule has 0 fully saturated rings. The normalized spacial score (nSPS) is 14.9. The second kappa shape index (κ2) is 8.78. The summed E-state index contributed by atoms with van der Waals surface area (Å²) in [6.07, 6.45) is 0. The molecule has 0 radical (unpaired) electrons. The highest BCUT2D eigenvalue weighted by Crippen LogP contribution is 2.51. The zero-order valence-corrected chi connectivity index (χ0v) is 14.2. The van der Waals surface area contributed by atoms with Gasteiger partial charge in [-0.25, -0.2) is 8.93 Å². The number of hydrogen-bond acceptors (Lipinski definition) is 5. The van der Waals surface area contributed by atoms with Gasteiger partial charge in [-0.05, 0) is 32.9 Å². The van der Waals surface area contributed by atoms with E-state index >= 15 is 0 Å². The van der Waals surface area contributed by atoms with Gasteiger partial charge in [-0.1, -0.05) is 17.7 Å². The Morgan fingerprint density at radius 2 is 1.76 bits per heavy atom. The Morgan fingerprint density at radius 1 is 1.24 bits per heavy atom. The Kier molecular flexibility index (Phi) is 7.73. The number of rotatable bonds is 9. The molecule has 1 aromatic carbocycles. The van der Waals surface area contributed by atoms with Crippen LogP contribution in [0.15, 0.2) is 29.2 Å². The summed E-state index contributed by atoms with van der Waals surface area (Å²) in [4.78, 5) is 0.526. The fourth-order valence-electron chi connectivity index (χ4n) is 1.63. The largest absolute Gasteiger partial charge is 0.394 e. The van der Waals surface area contributed by atoms with Crippen molar-refractivity contribution >= 4 is 18.6 Å². The van der Waals surface area contributed by atoms with Crippen LogP contribution in [-0.4, -0.2) is 34.9 Å². The zero-order chi connectivity index (χ0) is 15.9. The molecule has 2 N–H and O–H groups in total. The molecule has 0 saturated heterocycles. The predicted octanol–water partition coefficient (Wildman–Crippen LogP) is 2.19. The number of hydrogen-bond donors (Lipinski definition) is 2. The quantitative estimate of drug-likeness (QED) is 0.676. The maximum absolute atomic E-state index is 12.6. The van der Waals surface area contributed by atoms with Crippen molar-refractivity contribution in [1.82, 2.24) is 4.72 Å². The predicted molar refractivity (Wildman–Crippen MR) is 82.5 cm³/mol. The van der Waals surface area contributed by atoms with E-state index in [-0.39, 0.29) is 13.2 Å². The van der Waals surface area contributed by atoms with Crippen molar-refractivity contribution in [3.8, 4) is 0 Å². The molecule has 2 atom stereocenters. The first-order valence-corrected chi connectivity index (χ1v) is 9.47. The average Bonchev–Trinajstić information content (AvgIpc) is 2.45. The molecule has 6 nitrogen and oxygen atoms in total. The fourth-order valence-corrected chi connectivity index (χ4v) is 4.63. The molecular weight excluding hydrogens is 313 g/mol. The van der Waals surface area contributed by atoms with E-state index in [2.05, 4.69) is 4.72 Å². The van der Waals surface area contributed by atoms with Crippen LogP contribution < -0.4 is 4.72 Å². The van der Waals surface area contributed by atoms with Crippen molar-refractivity contribution in [3.05, 3.63) is 29.8 Å². The molecule has 0 aliphatic carbocycles. The van der Waals surface area contributed by atoms with Gasteiger partial charge < -0.3 is 14.2 Å². The molecule has 0 bridgehead atoms. The summed E-state index contributed by atoms with van der Waals surface area (Å²) in [5, 5.41) is 9.43. The van der Waals surface area contributed by atoms with Gasteiger partial charge >= 0.3 is 7.60 Å². The van der Waals surface area contributed by atoms with E-state index in [1.165, 1.54) is 0 Å². The molecule has 0 aromatic heterocycles. The van der Waals surface area contributed by atoms with Gasteiger partial charge in [0.05, 0.1) is 24.7 Å². The lowest BCUT2D eigenvalue weighted by atomic mass is 10.2. The van der Waals surface area contributed by atoms with Crippen molar-refractivity contribution < 1.29 is 22.9 Å². The number of aryl methyl sites for hydroxylation is 1. The van der Waals surface area contributed by atoms with Gasteiger partial charge in [-0.2, -0.15) is 0 Å². The first-order chi connectivity index (χ1) is 9.96. The number of aliphatic hydroxyl groups is 1. The standard InChI is InChI=1S/C13H22NO5PS/c1-4-18-20(16,19-5-2)13(10-15)14-21(17)12-8-6-11(3)7-9-12/h6-9,13-15H,4-5,10H2,1-3H3/t13-,21?/m1/s1. The Morgan fingerprint density at radius 3 is 2.19 bits per heavy atom. The van der Waals surface area contributed by atoms with Crippen LogP contribution in [0.4, 0.5) is 0 Å². The van der Waals surface area contributed by atoms with Gasteiger partial charge in [0.15, 0.2) is 0 Å². The lowest BCUT2D eigenvalue weighted by Crippen LogP contribution is -2.35. The Hall–Kier alpha value is -0.560. The summed E-state index contributed by atoms with van der Waals surface area (Å²) in [5.41, 5.74) is 1.05. The monoisotopic (exact) mass is 335 g/mol. The molecule has 21 heavy (non-hydrogen) atoms. The molecule has 0 spiro atoms. The third kappa shape index (κ3) is 5.29. The van der Waals surface area contributed by atoms with E-state index < -0.39 is 31.0 Å². The average molecular weight is 335 g/mol. The summed E-state index contributed by atoms with van der Waals surface area (Å²) >= 11 is 0. The van der Waals surface area contributed by atoms with Crippen LogP contribution in [0.3, 0.4) is 0 Å². The number of nitrogens with one attached hydrogen (secondary N) is 1. The van der Waals surface area contributed by atoms with Gasteiger partial charge in [0, 0.05) is 0 Å². The van der Waals surface area contributed by atoms with Gasteiger partial charge in [0.1, 0.15) is 16.8 Å². The third-order valence-corrected chi connectivity index (χ3v) is 6.32. The summed E-state index contributed by atoms with van der Waals surface area (Å²) in [7, 11) is -5.19. The molecule has 0 heterocycles. The lowest BCUT2D eigenvalue weighted by molar-refractivity contribution is 0.191. The highest BCUT2D eigenvalue weighted by atomic mass is 32.2. The molecule has 1 rings (SSSR count). The van der Waals surface area contributed by atoms with Crippen LogP contribution >= 0.6 is 7.60 Å². The first kappa shape index (κ1) is 18.5. The number of aliphatic hydroxyl groups excluding tert-OH is 1. The maximum Gasteiger partial charge on any atom is 0.350 e. The Labute approximate surface area is 128 Å². The van der Waals surface area contributed by atoms with Crippen LogP contribution in [0.25, 0.3) is 0 Å². The highest BCUT2D eigenvalue weighted by Gasteiger charge is 2.36. The SMILES string of the molecule is CCOP(=O)(OCC)[C@H](CO)NS(=O)c1ccc(C)cc1. The minimum atomic E-state index is -3.57. The van der Waals surface area contributed by atoms with Crippen LogP contribution in [0.1, 0.15) is 19.4 Å². The van der Waals surface area contributed by atoms with Gasteiger partial charge in [-0.15, -0.1) is 0 Å². The molecular formula is C13H22NO5PS. The molecule has 120 valence electrons. The molecule has 0 saturated carbocycles. The van der Waals surface area contributed by atoms with Crippen molar-refractivity contribution in [2.24, 2.45) is 0 Å². The topological polar surface area (TPSA) is 84.9 Å². The van der Waals surface area contributed by atoms with Crippen molar-refractivity contribution in [1.29, 1.82) is 0 Å². The van der Waals surface area contributed by atoms with E-state index in [0.717, 1.165) is 5.56 Å². The van der Waals surface area contributed by atoms with E-state index in [0.29, 0.717) is 4.90 Å². The summed E-state index contributed by atoms with van der Waals surface area (Å²) in [5.74, 6) is -1.04. The van der Waals surface area contributed by atoms with Crippen LogP contribution in [0.2, 0.25) is 0 Å². The number of benzene rings is 1. The molecule has 0 amide bonds. The summed E-state index contributed by atoms with van der Waals surface area (Å²) in [6.45, 7) is 5.12. The van der Waals surface area contributed by atoms with Crippen molar-refractivity contribution in [2.75, 3.05) is 19.8 Å². The van der Waals surface area contributed by atoms with E-state index in [1.807, 2.05) is 19.1 Å². The second-order valence-electron chi connectivity index (χ2n) is 4.27. The zero-order valence-electron chi connectivity index (χ0n) is 12.4. The second-order valence-corrected chi connectivity index (χ2v) is 7.74. The third-order valence-electron chi connectivity index (χ3n) is 2.65. The molecule has 0 aliphatic rings. The lowest BCUT2D eigenvalue weighted by Gasteiger charge is -2.25. The fraction of sp³-hybridized carbons (Fsp3) is 0.538. The Bertz CT molecular complexity index is 498. The van der Waals surface area contributed by atoms with E-state index in [1.54, 1.807) is 26.0 Å². The Balaban J connectivity index is 2.87.